The molecular weight excluding hydrogens is 310 g/mol. The number of carbonyl (C=O) groups is 1. The van der Waals surface area contributed by atoms with Crippen molar-refractivity contribution in [1.82, 2.24) is 9.78 Å². The molecule has 2 aromatic carbocycles. The summed E-state index contributed by atoms with van der Waals surface area (Å²) in [6, 6.07) is 18.4. The van der Waals surface area contributed by atoms with Crippen molar-refractivity contribution in [2.45, 2.75) is 31.6 Å². The van der Waals surface area contributed by atoms with Gasteiger partial charge in [0.1, 0.15) is 0 Å². The van der Waals surface area contributed by atoms with Crippen LogP contribution < -0.4 is 5.32 Å². The summed E-state index contributed by atoms with van der Waals surface area (Å²) >= 11 is 0. The van der Waals surface area contributed by atoms with E-state index in [4.69, 9.17) is 0 Å². The number of carbonyl (C=O) groups excluding carboxylic acids is 1. The lowest BCUT2D eigenvalue weighted by Crippen LogP contribution is -2.18. The highest BCUT2D eigenvalue weighted by Crippen LogP contribution is 2.34. The van der Waals surface area contributed by atoms with Gasteiger partial charge in [-0.1, -0.05) is 42.5 Å². The first-order valence-electron chi connectivity index (χ1n) is 8.77. The molecule has 0 saturated carbocycles. The van der Waals surface area contributed by atoms with Gasteiger partial charge in [-0.15, -0.1) is 0 Å². The molecular formula is C21H21N3O. The van der Waals surface area contributed by atoms with E-state index in [0.29, 0.717) is 12.3 Å². The lowest BCUT2D eigenvalue weighted by Gasteiger charge is -2.24. The summed E-state index contributed by atoms with van der Waals surface area (Å²) in [4.78, 5) is 12.5. The van der Waals surface area contributed by atoms with Gasteiger partial charge in [-0.25, -0.2) is 4.68 Å². The van der Waals surface area contributed by atoms with E-state index in [1.807, 2.05) is 36.5 Å². The molecule has 4 rings (SSSR count). The molecule has 1 N–H and O–H groups in total. The Morgan fingerprint density at radius 2 is 1.92 bits per heavy atom. The highest BCUT2D eigenvalue weighted by Gasteiger charge is 2.22. The van der Waals surface area contributed by atoms with E-state index in [2.05, 4.69) is 34.7 Å². The first-order valence-corrected chi connectivity index (χ1v) is 8.77. The second-order valence-electron chi connectivity index (χ2n) is 6.55. The van der Waals surface area contributed by atoms with Gasteiger partial charge in [0.05, 0.1) is 23.8 Å². The Balaban J connectivity index is 1.43. The summed E-state index contributed by atoms with van der Waals surface area (Å²) in [7, 11) is 0. The predicted molar refractivity (Wildman–Crippen MR) is 98.9 cm³/mol. The molecule has 4 heteroatoms. The maximum Gasteiger partial charge on any atom is 0.225 e. The Labute approximate surface area is 147 Å². The average Bonchev–Trinajstić information content (AvgIpc) is 3.11. The largest absolute Gasteiger partial charge is 0.323 e. The zero-order chi connectivity index (χ0) is 17.1. The predicted octanol–water partition coefficient (Wildman–Crippen LogP) is 4.32. The van der Waals surface area contributed by atoms with E-state index in [0.717, 1.165) is 30.6 Å². The highest BCUT2D eigenvalue weighted by atomic mass is 16.1. The Kier molecular flexibility index (Phi) is 4.34. The van der Waals surface area contributed by atoms with Crippen LogP contribution >= 0.6 is 0 Å². The molecule has 0 saturated heterocycles. The minimum Gasteiger partial charge on any atom is -0.323 e. The molecule has 1 aliphatic carbocycles. The van der Waals surface area contributed by atoms with Crippen LogP contribution in [0.25, 0.3) is 5.69 Å². The molecule has 4 nitrogen and oxygen atoms in total. The Morgan fingerprint density at radius 1 is 1.12 bits per heavy atom. The molecule has 0 fully saturated rings. The fraction of sp³-hybridized carbons (Fsp3) is 0.238. The monoisotopic (exact) mass is 331 g/mol. The fourth-order valence-electron chi connectivity index (χ4n) is 3.61. The van der Waals surface area contributed by atoms with Gasteiger partial charge in [0.25, 0.3) is 0 Å². The second kappa shape index (κ2) is 6.93. The van der Waals surface area contributed by atoms with E-state index >= 15 is 0 Å². The van der Waals surface area contributed by atoms with Gasteiger partial charge < -0.3 is 5.32 Å². The molecule has 1 unspecified atom stereocenters. The number of fused-ring (bicyclic) bond motifs is 1. The summed E-state index contributed by atoms with van der Waals surface area (Å²) in [5, 5.41) is 7.31. The number of para-hydroxylation sites is 1. The number of hydrogen-bond donors (Lipinski definition) is 1. The van der Waals surface area contributed by atoms with E-state index < -0.39 is 0 Å². The first kappa shape index (κ1) is 15.6. The van der Waals surface area contributed by atoms with E-state index in [9.17, 15) is 4.79 Å². The number of rotatable bonds is 4. The molecule has 1 atom stereocenters. The smallest absolute Gasteiger partial charge is 0.225 e. The molecule has 0 bridgehead atoms. The van der Waals surface area contributed by atoms with Gasteiger partial charge >= 0.3 is 0 Å². The summed E-state index contributed by atoms with van der Waals surface area (Å²) in [5.41, 5.74) is 4.44. The van der Waals surface area contributed by atoms with Crippen molar-refractivity contribution in [3.05, 3.63) is 78.1 Å². The molecule has 126 valence electrons. The Bertz CT molecular complexity index is 870. The first-order chi connectivity index (χ1) is 12.3. The average molecular weight is 331 g/mol. The van der Waals surface area contributed by atoms with Crippen molar-refractivity contribution in [2.75, 3.05) is 5.32 Å². The lowest BCUT2D eigenvalue weighted by atomic mass is 9.81. The third-order valence-electron chi connectivity index (χ3n) is 4.81. The number of aryl methyl sites for hydroxylation is 1. The number of nitrogens with one attached hydrogen (secondary N) is 1. The van der Waals surface area contributed by atoms with Gasteiger partial charge in [-0.2, -0.15) is 5.10 Å². The van der Waals surface area contributed by atoms with Crippen LogP contribution in [0.2, 0.25) is 0 Å². The number of amides is 1. The maximum atomic E-state index is 12.5. The third-order valence-corrected chi connectivity index (χ3v) is 4.81. The van der Waals surface area contributed by atoms with Crippen molar-refractivity contribution in [3.63, 3.8) is 0 Å². The molecule has 1 amide bonds. The SMILES string of the molecule is O=C(CC1CCCc2ccccc21)Nc1cnn(-c2ccccc2)c1. The van der Waals surface area contributed by atoms with Crippen molar-refractivity contribution in [1.29, 1.82) is 0 Å². The van der Waals surface area contributed by atoms with Crippen LogP contribution in [0.5, 0.6) is 0 Å². The summed E-state index contributed by atoms with van der Waals surface area (Å²) in [6.45, 7) is 0. The Hall–Kier alpha value is -2.88. The lowest BCUT2D eigenvalue weighted by molar-refractivity contribution is -0.116. The standard InChI is InChI=1S/C21H21N3O/c25-21(13-17-9-6-8-16-7-4-5-12-20(16)17)23-18-14-22-24(15-18)19-10-2-1-3-11-19/h1-5,7,10-12,14-15,17H,6,8-9,13H2,(H,23,25). The number of aromatic nitrogens is 2. The molecule has 0 spiro atoms. The molecule has 0 aliphatic heterocycles. The van der Waals surface area contributed by atoms with Gasteiger partial charge in [0.2, 0.25) is 5.91 Å². The van der Waals surface area contributed by atoms with Crippen LogP contribution in [-0.2, 0) is 11.2 Å². The minimum absolute atomic E-state index is 0.0503. The molecule has 1 aromatic heterocycles. The van der Waals surface area contributed by atoms with E-state index in [1.54, 1.807) is 10.9 Å². The number of anilines is 1. The normalized spacial score (nSPS) is 16.2. The molecule has 3 aromatic rings. The molecule has 25 heavy (non-hydrogen) atoms. The summed E-state index contributed by atoms with van der Waals surface area (Å²) in [6.07, 6.45) is 7.42. The van der Waals surface area contributed by atoms with Gasteiger partial charge in [0, 0.05) is 6.42 Å². The topological polar surface area (TPSA) is 46.9 Å². The quantitative estimate of drug-likeness (QED) is 0.774. The maximum absolute atomic E-state index is 12.5. The van der Waals surface area contributed by atoms with E-state index in [1.165, 1.54) is 11.1 Å². The van der Waals surface area contributed by atoms with Gasteiger partial charge in [-0.3, -0.25) is 4.79 Å². The minimum atomic E-state index is 0.0503. The van der Waals surface area contributed by atoms with Crippen LogP contribution in [0.1, 0.15) is 36.3 Å². The summed E-state index contributed by atoms with van der Waals surface area (Å²) in [5.74, 6) is 0.364. The van der Waals surface area contributed by atoms with Crippen LogP contribution in [0.15, 0.2) is 67.0 Å². The molecule has 1 aliphatic rings. The highest BCUT2D eigenvalue weighted by molar-refractivity contribution is 5.91. The van der Waals surface area contributed by atoms with Crippen LogP contribution in [0, 0.1) is 0 Å². The van der Waals surface area contributed by atoms with Crippen LogP contribution in [0.3, 0.4) is 0 Å². The fourth-order valence-corrected chi connectivity index (χ4v) is 3.61. The van der Waals surface area contributed by atoms with Crippen molar-refractivity contribution in [2.24, 2.45) is 0 Å². The zero-order valence-corrected chi connectivity index (χ0v) is 14.1. The second-order valence-corrected chi connectivity index (χ2v) is 6.55. The molecule has 1 heterocycles. The Morgan fingerprint density at radius 3 is 2.80 bits per heavy atom. The van der Waals surface area contributed by atoms with Gasteiger partial charge in [-0.05, 0) is 48.4 Å². The number of hydrogen-bond acceptors (Lipinski definition) is 2. The van der Waals surface area contributed by atoms with Crippen molar-refractivity contribution in [3.8, 4) is 5.69 Å². The van der Waals surface area contributed by atoms with Crippen LogP contribution in [0.4, 0.5) is 5.69 Å². The zero-order valence-electron chi connectivity index (χ0n) is 14.1. The molecule has 0 radical (unpaired) electrons. The third kappa shape index (κ3) is 3.48. The number of nitrogens with zero attached hydrogens (tertiary/aromatic N) is 2. The van der Waals surface area contributed by atoms with E-state index in [-0.39, 0.29) is 5.91 Å². The van der Waals surface area contributed by atoms with Crippen molar-refractivity contribution >= 4 is 11.6 Å². The number of benzene rings is 2. The van der Waals surface area contributed by atoms with Crippen molar-refractivity contribution < 1.29 is 4.79 Å². The summed E-state index contributed by atoms with van der Waals surface area (Å²) < 4.78 is 1.77. The van der Waals surface area contributed by atoms with Gasteiger partial charge in [0.15, 0.2) is 0 Å². The van der Waals surface area contributed by atoms with Crippen LogP contribution in [-0.4, -0.2) is 15.7 Å².